The van der Waals surface area contributed by atoms with E-state index in [0.29, 0.717) is 12.8 Å². The van der Waals surface area contributed by atoms with E-state index < -0.39 is 12.3 Å². The molecule has 0 heterocycles. The van der Waals surface area contributed by atoms with E-state index in [0.717, 1.165) is 0 Å². The van der Waals surface area contributed by atoms with E-state index in [1.165, 1.54) is 12.2 Å². The Kier molecular flexibility index (Phi) is 1.61. The molecule has 0 spiro atoms. The molecule has 1 aliphatic carbocycles. The summed E-state index contributed by atoms with van der Waals surface area (Å²) in [4.78, 5) is 0. The fourth-order valence-corrected chi connectivity index (χ4v) is 0.752. The summed E-state index contributed by atoms with van der Waals surface area (Å²) >= 11 is 0. The standard InChI is InChI=1S/C6H8F2/c7-5-1-2-6(8)4-3-5/h1-2,5-6H,3-4H2/t5-,6?/m0/s1. The highest BCUT2D eigenvalue weighted by Crippen LogP contribution is 2.15. The van der Waals surface area contributed by atoms with Crippen LogP contribution in [0, 0.1) is 0 Å². The molecular weight excluding hydrogens is 110 g/mol. The highest BCUT2D eigenvalue weighted by atomic mass is 19.1. The van der Waals surface area contributed by atoms with Gasteiger partial charge in [-0.3, -0.25) is 0 Å². The average Bonchev–Trinajstić information content (AvgIpc) is 1.77. The molecule has 1 unspecified atom stereocenters. The molecule has 0 saturated heterocycles. The Bertz CT molecular complexity index is 86.7. The van der Waals surface area contributed by atoms with Crippen LogP contribution in [0.5, 0.6) is 0 Å². The lowest BCUT2D eigenvalue weighted by Gasteiger charge is -2.09. The van der Waals surface area contributed by atoms with Gasteiger partial charge < -0.3 is 0 Å². The van der Waals surface area contributed by atoms with Crippen LogP contribution in [0.15, 0.2) is 12.2 Å². The molecule has 0 fully saturated rings. The van der Waals surface area contributed by atoms with Crippen LogP contribution in [0.25, 0.3) is 0 Å². The van der Waals surface area contributed by atoms with Crippen molar-refractivity contribution in [2.24, 2.45) is 0 Å². The van der Waals surface area contributed by atoms with Crippen LogP contribution in [0.4, 0.5) is 8.78 Å². The van der Waals surface area contributed by atoms with Crippen LogP contribution in [0.1, 0.15) is 12.8 Å². The normalized spacial score (nSPS) is 37.8. The van der Waals surface area contributed by atoms with Gasteiger partial charge in [0.25, 0.3) is 0 Å². The lowest BCUT2D eigenvalue weighted by Crippen LogP contribution is -2.08. The van der Waals surface area contributed by atoms with Crippen molar-refractivity contribution in [3.8, 4) is 0 Å². The molecule has 0 aromatic carbocycles. The lowest BCUT2D eigenvalue weighted by molar-refractivity contribution is 0.290. The summed E-state index contributed by atoms with van der Waals surface area (Å²) in [5, 5.41) is 0. The van der Waals surface area contributed by atoms with Crippen LogP contribution in [0.2, 0.25) is 0 Å². The van der Waals surface area contributed by atoms with Crippen molar-refractivity contribution in [2.45, 2.75) is 25.2 Å². The van der Waals surface area contributed by atoms with Crippen molar-refractivity contribution in [3.05, 3.63) is 12.2 Å². The second-order valence-electron chi connectivity index (χ2n) is 1.99. The third-order valence-corrected chi connectivity index (χ3v) is 1.25. The molecule has 0 nitrogen and oxygen atoms in total. The predicted octanol–water partition coefficient (Wildman–Crippen LogP) is 2.01. The summed E-state index contributed by atoms with van der Waals surface area (Å²) in [6, 6.07) is 0. The zero-order valence-corrected chi connectivity index (χ0v) is 4.48. The molecule has 2 atom stereocenters. The zero-order chi connectivity index (χ0) is 5.98. The molecule has 1 aliphatic rings. The van der Waals surface area contributed by atoms with Crippen molar-refractivity contribution in [1.29, 1.82) is 0 Å². The first-order valence-electron chi connectivity index (χ1n) is 2.75. The maximum Gasteiger partial charge on any atom is 0.118 e. The van der Waals surface area contributed by atoms with E-state index in [4.69, 9.17) is 0 Å². The zero-order valence-electron chi connectivity index (χ0n) is 4.48. The number of alkyl halides is 2. The van der Waals surface area contributed by atoms with Gasteiger partial charge >= 0.3 is 0 Å². The van der Waals surface area contributed by atoms with E-state index in [1.807, 2.05) is 0 Å². The molecule has 0 aliphatic heterocycles. The van der Waals surface area contributed by atoms with Gasteiger partial charge in [-0.15, -0.1) is 0 Å². The molecule has 0 amide bonds. The Morgan fingerprint density at radius 1 is 1.00 bits per heavy atom. The van der Waals surface area contributed by atoms with Crippen molar-refractivity contribution in [2.75, 3.05) is 0 Å². The van der Waals surface area contributed by atoms with Gasteiger partial charge in [-0.05, 0) is 12.8 Å². The van der Waals surface area contributed by atoms with Crippen molar-refractivity contribution in [1.82, 2.24) is 0 Å². The maximum atomic E-state index is 12.1. The third-order valence-electron chi connectivity index (χ3n) is 1.25. The summed E-state index contributed by atoms with van der Waals surface area (Å²) in [5.41, 5.74) is 0. The van der Waals surface area contributed by atoms with E-state index in [-0.39, 0.29) is 0 Å². The fraction of sp³-hybridized carbons (Fsp3) is 0.667. The molecule has 0 radical (unpaired) electrons. The molecular formula is C6H8F2. The summed E-state index contributed by atoms with van der Waals surface area (Å²) in [6.45, 7) is 0. The molecule has 0 saturated carbocycles. The van der Waals surface area contributed by atoms with Crippen LogP contribution < -0.4 is 0 Å². The van der Waals surface area contributed by atoms with Crippen LogP contribution in [0.3, 0.4) is 0 Å². The Balaban J connectivity index is 2.42. The van der Waals surface area contributed by atoms with Crippen molar-refractivity contribution in [3.63, 3.8) is 0 Å². The van der Waals surface area contributed by atoms with Gasteiger partial charge in [-0.2, -0.15) is 0 Å². The minimum atomic E-state index is -0.901. The highest BCUT2D eigenvalue weighted by molar-refractivity contribution is 4.98. The first-order valence-corrected chi connectivity index (χ1v) is 2.75. The fourth-order valence-electron chi connectivity index (χ4n) is 0.752. The smallest absolute Gasteiger partial charge is 0.118 e. The van der Waals surface area contributed by atoms with Crippen molar-refractivity contribution < 1.29 is 8.78 Å². The van der Waals surface area contributed by atoms with E-state index in [9.17, 15) is 8.78 Å². The van der Waals surface area contributed by atoms with Crippen LogP contribution in [-0.2, 0) is 0 Å². The molecule has 0 bridgehead atoms. The largest absolute Gasteiger partial charge is 0.243 e. The topological polar surface area (TPSA) is 0 Å². The summed E-state index contributed by atoms with van der Waals surface area (Å²) in [7, 11) is 0. The first-order chi connectivity index (χ1) is 3.79. The van der Waals surface area contributed by atoms with Gasteiger partial charge in [0, 0.05) is 0 Å². The SMILES string of the molecule is FC1C=C[C@H](F)CC1. The number of hydrogen-bond donors (Lipinski definition) is 0. The Morgan fingerprint density at radius 2 is 1.38 bits per heavy atom. The molecule has 8 heavy (non-hydrogen) atoms. The quantitative estimate of drug-likeness (QED) is 0.427. The molecule has 0 aromatic rings. The monoisotopic (exact) mass is 118 g/mol. The first kappa shape index (κ1) is 5.73. The Hall–Kier alpha value is -0.400. The lowest BCUT2D eigenvalue weighted by atomic mass is 10.1. The predicted molar refractivity (Wildman–Crippen MR) is 28.2 cm³/mol. The minimum Gasteiger partial charge on any atom is -0.243 e. The van der Waals surface area contributed by atoms with Crippen LogP contribution in [-0.4, -0.2) is 12.3 Å². The van der Waals surface area contributed by atoms with Gasteiger partial charge in [0.05, 0.1) is 0 Å². The average molecular weight is 118 g/mol. The second kappa shape index (κ2) is 2.25. The minimum absolute atomic E-state index is 0.345. The second-order valence-corrected chi connectivity index (χ2v) is 1.99. The van der Waals surface area contributed by atoms with Crippen LogP contribution >= 0.6 is 0 Å². The summed E-state index contributed by atoms with van der Waals surface area (Å²) < 4.78 is 24.2. The molecule has 0 N–H and O–H groups in total. The maximum absolute atomic E-state index is 12.1. The number of halogens is 2. The van der Waals surface area contributed by atoms with E-state index >= 15 is 0 Å². The Labute approximate surface area is 47.2 Å². The number of hydrogen-bond acceptors (Lipinski definition) is 0. The van der Waals surface area contributed by atoms with Crippen molar-refractivity contribution >= 4 is 0 Å². The van der Waals surface area contributed by atoms with Gasteiger partial charge in [-0.25, -0.2) is 8.78 Å². The van der Waals surface area contributed by atoms with Gasteiger partial charge in [-0.1, -0.05) is 12.2 Å². The van der Waals surface area contributed by atoms with Gasteiger partial charge in [0.15, 0.2) is 0 Å². The van der Waals surface area contributed by atoms with E-state index in [2.05, 4.69) is 0 Å². The Morgan fingerprint density at radius 3 is 1.62 bits per heavy atom. The third kappa shape index (κ3) is 1.29. The highest BCUT2D eigenvalue weighted by Gasteiger charge is 2.12. The summed E-state index contributed by atoms with van der Waals surface area (Å²) in [5.74, 6) is 0. The summed E-state index contributed by atoms with van der Waals surface area (Å²) in [6.07, 6.45) is 1.46. The van der Waals surface area contributed by atoms with Gasteiger partial charge in [0.1, 0.15) is 12.3 Å². The number of rotatable bonds is 0. The molecule has 1 rings (SSSR count). The number of allylic oxidation sites excluding steroid dienone is 2. The molecule has 2 heteroatoms. The molecule has 46 valence electrons. The van der Waals surface area contributed by atoms with Gasteiger partial charge in [0.2, 0.25) is 0 Å². The molecule has 0 aromatic heterocycles. The van der Waals surface area contributed by atoms with E-state index in [1.54, 1.807) is 0 Å².